The summed E-state index contributed by atoms with van der Waals surface area (Å²) in [5.74, 6) is -0.512. The Balaban J connectivity index is 0.00000242. The van der Waals surface area contributed by atoms with Crippen molar-refractivity contribution in [1.29, 1.82) is 0 Å². The number of nitrogens with zero attached hydrogens (tertiary/aromatic N) is 2. The number of alkyl halides is 3. The molecule has 2 heterocycles. The van der Waals surface area contributed by atoms with Gasteiger partial charge in [-0.3, -0.25) is 4.79 Å². The molecular formula is C13H17ClF3N3O2. The summed E-state index contributed by atoms with van der Waals surface area (Å²) in [7, 11) is 0. The minimum absolute atomic E-state index is 0. The van der Waals surface area contributed by atoms with Crippen LogP contribution in [0.25, 0.3) is 0 Å². The molecule has 0 bridgehead atoms. The molecule has 0 spiro atoms. The van der Waals surface area contributed by atoms with Gasteiger partial charge in [-0.25, -0.2) is 4.98 Å². The van der Waals surface area contributed by atoms with Gasteiger partial charge in [0.05, 0.1) is 0 Å². The minimum atomic E-state index is -4.43. The Labute approximate surface area is 132 Å². The quantitative estimate of drug-likeness (QED) is 0.913. The average molecular weight is 340 g/mol. The van der Waals surface area contributed by atoms with E-state index < -0.39 is 12.8 Å². The van der Waals surface area contributed by atoms with Crippen LogP contribution in [0.4, 0.5) is 13.2 Å². The van der Waals surface area contributed by atoms with Gasteiger partial charge in [0, 0.05) is 31.7 Å². The van der Waals surface area contributed by atoms with Gasteiger partial charge in [0.1, 0.15) is 5.69 Å². The van der Waals surface area contributed by atoms with Gasteiger partial charge in [-0.2, -0.15) is 13.2 Å². The topological polar surface area (TPSA) is 54.5 Å². The van der Waals surface area contributed by atoms with Crippen LogP contribution in [0.3, 0.4) is 0 Å². The van der Waals surface area contributed by atoms with E-state index >= 15 is 0 Å². The van der Waals surface area contributed by atoms with Crippen LogP contribution in [0, 0.1) is 0 Å². The van der Waals surface area contributed by atoms with Crippen LogP contribution < -0.4 is 10.1 Å². The fraction of sp³-hybridized carbons (Fsp3) is 0.538. The number of nitrogens with one attached hydrogen (secondary N) is 1. The van der Waals surface area contributed by atoms with E-state index in [1.54, 1.807) is 4.90 Å². The summed E-state index contributed by atoms with van der Waals surface area (Å²) >= 11 is 0. The zero-order valence-electron chi connectivity index (χ0n) is 11.9. The first-order chi connectivity index (χ1) is 9.85. The van der Waals surface area contributed by atoms with Gasteiger partial charge in [0.2, 0.25) is 5.88 Å². The number of carbonyl (C=O) groups excluding carboxylic acids is 1. The van der Waals surface area contributed by atoms with Crippen molar-refractivity contribution in [3.8, 4) is 5.88 Å². The van der Waals surface area contributed by atoms with E-state index in [4.69, 9.17) is 0 Å². The number of carbonyl (C=O) groups is 1. The number of aromatic nitrogens is 1. The second-order valence-corrected chi connectivity index (χ2v) is 4.87. The van der Waals surface area contributed by atoms with Crippen molar-refractivity contribution in [1.82, 2.24) is 15.2 Å². The summed E-state index contributed by atoms with van der Waals surface area (Å²) in [6.45, 7) is 2.28. The minimum Gasteiger partial charge on any atom is -0.468 e. The lowest BCUT2D eigenvalue weighted by Gasteiger charge is -2.31. The van der Waals surface area contributed by atoms with Crippen molar-refractivity contribution in [2.24, 2.45) is 0 Å². The molecule has 0 aromatic carbocycles. The molecule has 1 aliphatic heterocycles. The number of piperazine rings is 1. The van der Waals surface area contributed by atoms with E-state index in [9.17, 15) is 18.0 Å². The molecule has 124 valence electrons. The summed E-state index contributed by atoms with van der Waals surface area (Å²) < 4.78 is 40.8. The van der Waals surface area contributed by atoms with E-state index in [0.717, 1.165) is 0 Å². The summed E-state index contributed by atoms with van der Waals surface area (Å²) in [6.07, 6.45) is -4.43. The van der Waals surface area contributed by atoms with Gasteiger partial charge < -0.3 is 15.0 Å². The van der Waals surface area contributed by atoms with Gasteiger partial charge in [-0.1, -0.05) is 6.07 Å². The number of halogens is 4. The Hall–Kier alpha value is -1.54. The summed E-state index contributed by atoms with van der Waals surface area (Å²) in [5, 5.41) is 3.20. The number of rotatable bonds is 3. The molecule has 22 heavy (non-hydrogen) atoms. The lowest BCUT2D eigenvalue weighted by atomic mass is 10.2. The Kier molecular flexibility index (Phi) is 6.43. The Morgan fingerprint density at radius 1 is 1.50 bits per heavy atom. The highest BCUT2D eigenvalue weighted by molar-refractivity contribution is 5.92. The molecule has 1 saturated heterocycles. The van der Waals surface area contributed by atoms with Crippen molar-refractivity contribution in [3.63, 3.8) is 0 Å². The van der Waals surface area contributed by atoms with Crippen molar-refractivity contribution in [2.75, 3.05) is 26.2 Å². The average Bonchev–Trinajstić information content (AvgIpc) is 2.44. The Bertz CT molecular complexity index is 514. The van der Waals surface area contributed by atoms with Crippen LogP contribution in [-0.2, 0) is 0 Å². The predicted octanol–water partition coefficient (Wildman–Crippen LogP) is 1.88. The highest BCUT2D eigenvalue weighted by Crippen LogP contribution is 2.17. The molecular weight excluding hydrogens is 323 g/mol. The molecule has 1 aromatic rings. The second-order valence-electron chi connectivity index (χ2n) is 4.87. The molecule has 0 unspecified atom stereocenters. The predicted molar refractivity (Wildman–Crippen MR) is 76.4 cm³/mol. The summed E-state index contributed by atoms with van der Waals surface area (Å²) in [6, 6.07) is 4.39. The van der Waals surface area contributed by atoms with E-state index in [1.165, 1.54) is 18.2 Å². The molecule has 0 saturated carbocycles. The molecule has 1 amide bonds. The first-order valence-corrected chi connectivity index (χ1v) is 6.54. The largest absolute Gasteiger partial charge is 0.468 e. The van der Waals surface area contributed by atoms with Gasteiger partial charge in [0.25, 0.3) is 5.91 Å². The third-order valence-corrected chi connectivity index (χ3v) is 2.98. The summed E-state index contributed by atoms with van der Waals surface area (Å²) in [5.41, 5.74) is 0.0868. The first kappa shape index (κ1) is 18.5. The van der Waals surface area contributed by atoms with Crippen LogP contribution in [0.15, 0.2) is 18.2 Å². The smallest absolute Gasteiger partial charge is 0.422 e. The molecule has 0 aliphatic carbocycles. The molecule has 1 aromatic heterocycles. The third kappa shape index (κ3) is 5.34. The van der Waals surface area contributed by atoms with Gasteiger partial charge in [-0.05, 0) is 13.0 Å². The van der Waals surface area contributed by atoms with E-state index in [-0.39, 0.29) is 35.9 Å². The zero-order valence-corrected chi connectivity index (χ0v) is 12.7. The number of ether oxygens (including phenoxy) is 1. The van der Waals surface area contributed by atoms with E-state index in [1.807, 2.05) is 6.92 Å². The maximum atomic E-state index is 12.3. The van der Waals surface area contributed by atoms with Crippen LogP contribution in [0.1, 0.15) is 17.4 Å². The van der Waals surface area contributed by atoms with Crippen LogP contribution in [0.5, 0.6) is 5.88 Å². The number of hydrogen-bond donors (Lipinski definition) is 1. The highest BCUT2D eigenvalue weighted by Gasteiger charge is 2.29. The third-order valence-electron chi connectivity index (χ3n) is 2.98. The molecule has 5 nitrogen and oxygen atoms in total. The van der Waals surface area contributed by atoms with E-state index in [2.05, 4.69) is 15.0 Å². The molecule has 2 rings (SSSR count). The second kappa shape index (κ2) is 7.64. The molecule has 1 atom stereocenters. The van der Waals surface area contributed by atoms with Gasteiger partial charge >= 0.3 is 6.18 Å². The highest BCUT2D eigenvalue weighted by atomic mass is 35.5. The molecule has 0 radical (unpaired) electrons. The maximum Gasteiger partial charge on any atom is 0.422 e. The normalized spacial score (nSPS) is 18.5. The lowest BCUT2D eigenvalue weighted by molar-refractivity contribution is -0.154. The van der Waals surface area contributed by atoms with Crippen LogP contribution in [-0.4, -0.2) is 54.3 Å². The summed E-state index contributed by atoms with van der Waals surface area (Å²) in [4.78, 5) is 17.7. The Morgan fingerprint density at radius 3 is 2.86 bits per heavy atom. The van der Waals surface area contributed by atoms with Crippen LogP contribution in [0.2, 0.25) is 0 Å². The molecule has 9 heteroatoms. The van der Waals surface area contributed by atoms with Gasteiger partial charge in [-0.15, -0.1) is 12.4 Å². The van der Waals surface area contributed by atoms with Crippen molar-refractivity contribution in [2.45, 2.75) is 19.1 Å². The SMILES string of the molecule is C[C@@H]1CN(C(=O)c2cccc(OCC(F)(F)F)n2)CCN1.Cl. The fourth-order valence-corrected chi connectivity index (χ4v) is 2.05. The molecule has 1 fully saturated rings. The van der Waals surface area contributed by atoms with Gasteiger partial charge in [0.15, 0.2) is 6.61 Å². The monoisotopic (exact) mass is 339 g/mol. The maximum absolute atomic E-state index is 12.3. The van der Waals surface area contributed by atoms with Crippen molar-refractivity contribution < 1.29 is 22.7 Å². The fourth-order valence-electron chi connectivity index (χ4n) is 2.05. The van der Waals surface area contributed by atoms with Crippen LogP contribution >= 0.6 is 12.4 Å². The number of hydrogen-bond acceptors (Lipinski definition) is 4. The lowest BCUT2D eigenvalue weighted by Crippen LogP contribution is -2.51. The van der Waals surface area contributed by atoms with Crippen molar-refractivity contribution in [3.05, 3.63) is 23.9 Å². The molecule has 1 N–H and O–H groups in total. The molecule has 1 aliphatic rings. The Morgan fingerprint density at radius 2 is 2.23 bits per heavy atom. The zero-order chi connectivity index (χ0) is 15.5. The van der Waals surface area contributed by atoms with E-state index in [0.29, 0.717) is 19.6 Å². The standard InChI is InChI=1S/C13H16F3N3O2.ClH/c1-9-7-19(6-5-17-9)12(20)10-3-2-4-11(18-10)21-8-13(14,15)16;/h2-4,9,17H,5-8H2,1H3;1H/t9-;/m1./s1. The number of pyridine rings is 1. The van der Waals surface area contributed by atoms with Crippen molar-refractivity contribution >= 4 is 18.3 Å². The first-order valence-electron chi connectivity index (χ1n) is 6.54. The number of amides is 1.